The van der Waals surface area contributed by atoms with Crippen LogP contribution in [0.1, 0.15) is 5.69 Å². The zero-order valence-corrected chi connectivity index (χ0v) is 12.9. The number of nitro benzene ring substituents is 1. The van der Waals surface area contributed by atoms with Crippen molar-refractivity contribution in [2.75, 3.05) is 0 Å². The fraction of sp³-hybridized carbons (Fsp3) is 0. The van der Waals surface area contributed by atoms with Crippen molar-refractivity contribution in [3.05, 3.63) is 55.2 Å². The third kappa shape index (κ3) is 3.12. The molecule has 1 aromatic carbocycles. The molecule has 0 unspecified atom stereocenters. The van der Waals surface area contributed by atoms with Crippen LogP contribution in [0.4, 0.5) is 5.69 Å². The summed E-state index contributed by atoms with van der Waals surface area (Å²) in [6.45, 7) is 0. The van der Waals surface area contributed by atoms with Crippen molar-refractivity contribution in [1.82, 2.24) is 4.98 Å². The lowest BCUT2D eigenvalue weighted by Crippen LogP contribution is -1.92. The minimum absolute atomic E-state index is 0.0611. The molecule has 8 heteroatoms. The first kappa shape index (κ1) is 14.4. The number of halogens is 2. The van der Waals surface area contributed by atoms with Gasteiger partial charge in [-0.15, -0.1) is 0 Å². The Bertz CT molecular complexity index is 688. The Hall–Kier alpha value is -1.98. The highest BCUT2D eigenvalue weighted by Gasteiger charge is 2.15. The molecule has 0 amide bonds. The molecule has 20 heavy (non-hydrogen) atoms. The molecule has 1 aromatic heterocycles. The molecular formula is C12H5Br2N3O3. The number of nitrogens with zero attached hydrogens (tertiary/aromatic N) is 3. The molecule has 0 saturated carbocycles. The summed E-state index contributed by atoms with van der Waals surface area (Å²) in [6, 6.07) is 7.69. The van der Waals surface area contributed by atoms with Crippen molar-refractivity contribution >= 4 is 37.5 Å². The van der Waals surface area contributed by atoms with E-state index in [9.17, 15) is 10.1 Å². The average Bonchev–Trinajstić information content (AvgIpc) is 2.43. The van der Waals surface area contributed by atoms with Crippen molar-refractivity contribution in [3.8, 4) is 17.6 Å². The van der Waals surface area contributed by atoms with Gasteiger partial charge in [0.15, 0.2) is 5.75 Å². The summed E-state index contributed by atoms with van der Waals surface area (Å²) in [5.74, 6) is 0.807. The predicted octanol–water partition coefficient (Wildman–Crippen LogP) is 4.18. The molecule has 1 heterocycles. The van der Waals surface area contributed by atoms with Crippen molar-refractivity contribution in [2.45, 2.75) is 0 Å². The first-order valence-electron chi connectivity index (χ1n) is 5.18. The van der Waals surface area contributed by atoms with Crippen LogP contribution in [0.25, 0.3) is 0 Å². The smallest absolute Gasteiger partial charge is 0.271 e. The Balaban J connectivity index is 2.33. The predicted molar refractivity (Wildman–Crippen MR) is 77.5 cm³/mol. The van der Waals surface area contributed by atoms with Gasteiger partial charge in [0.25, 0.3) is 5.69 Å². The van der Waals surface area contributed by atoms with Crippen LogP contribution in [0, 0.1) is 21.4 Å². The van der Waals surface area contributed by atoms with Crippen LogP contribution in [0.15, 0.2) is 39.4 Å². The van der Waals surface area contributed by atoms with Crippen LogP contribution in [0.5, 0.6) is 11.5 Å². The number of nitriles is 1. The topological polar surface area (TPSA) is 89.0 Å². The van der Waals surface area contributed by atoms with Crippen LogP contribution < -0.4 is 4.74 Å². The minimum atomic E-state index is -0.497. The van der Waals surface area contributed by atoms with Gasteiger partial charge in [-0.2, -0.15) is 5.26 Å². The molecule has 0 saturated heterocycles. The largest absolute Gasteiger partial charge is 0.453 e. The summed E-state index contributed by atoms with van der Waals surface area (Å²) in [5.41, 5.74) is 0.216. The Morgan fingerprint density at radius 2 is 1.95 bits per heavy atom. The number of non-ortho nitro benzene ring substituents is 1. The third-order valence-corrected chi connectivity index (χ3v) is 3.44. The minimum Gasteiger partial charge on any atom is -0.453 e. The van der Waals surface area contributed by atoms with E-state index in [0.29, 0.717) is 20.4 Å². The maximum absolute atomic E-state index is 10.7. The molecule has 0 aliphatic rings. The van der Waals surface area contributed by atoms with Crippen LogP contribution in [0.3, 0.4) is 0 Å². The lowest BCUT2D eigenvalue weighted by Gasteiger charge is -2.09. The second-order valence-corrected chi connectivity index (χ2v) is 5.30. The highest BCUT2D eigenvalue weighted by Crippen LogP contribution is 2.39. The number of rotatable bonds is 3. The summed E-state index contributed by atoms with van der Waals surface area (Å²) in [5, 5.41) is 19.4. The molecule has 0 bridgehead atoms. The van der Waals surface area contributed by atoms with E-state index in [1.165, 1.54) is 24.4 Å². The molecule has 6 nitrogen and oxygen atoms in total. The Labute approximate surface area is 130 Å². The molecule has 2 rings (SSSR count). The molecule has 0 aliphatic heterocycles. The molecule has 0 aliphatic carbocycles. The quantitative estimate of drug-likeness (QED) is 0.571. The number of pyridine rings is 1. The van der Waals surface area contributed by atoms with Gasteiger partial charge < -0.3 is 4.74 Å². The van der Waals surface area contributed by atoms with E-state index in [0.717, 1.165) is 0 Å². The Kier molecular flexibility index (Phi) is 4.32. The first-order chi connectivity index (χ1) is 9.51. The van der Waals surface area contributed by atoms with E-state index in [1.54, 1.807) is 6.07 Å². The number of benzene rings is 1. The number of hydrogen-bond acceptors (Lipinski definition) is 5. The summed E-state index contributed by atoms with van der Waals surface area (Å²) >= 11 is 6.44. The number of aromatic nitrogens is 1. The van der Waals surface area contributed by atoms with E-state index < -0.39 is 4.92 Å². The monoisotopic (exact) mass is 397 g/mol. The van der Waals surface area contributed by atoms with Gasteiger partial charge in [0, 0.05) is 12.1 Å². The molecule has 0 N–H and O–H groups in total. The molecule has 0 spiro atoms. The Morgan fingerprint density at radius 3 is 2.40 bits per heavy atom. The first-order valence-corrected chi connectivity index (χ1v) is 6.77. The molecule has 0 fully saturated rings. The summed E-state index contributed by atoms with van der Waals surface area (Å²) in [7, 11) is 0. The standard InChI is InChI=1S/C12H5Br2N3O3/c13-10-3-8(17(18)19)4-11(14)12(10)20-9-2-1-7(5-15)16-6-9/h1-4,6H. The summed E-state index contributed by atoms with van der Waals surface area (Å²) < 4.78 is 6.45. The van der Waals surface area contributed by atoms with E-state index in [-0.39, 0.29) is 11.4 Å². The summed E-state index contributed by atoms with van der Waals surface area (Å²) in [4.78, 5) is 14.1. The van der Waals surface area contributed by atoms with Crippen LogP contribution in [0.2, 0.25) is 0 Å². The second kappa shape index (κ2) is 5.98. The van der Waals surface area contributed by atoms with Gasteiger partial charge >= 0.3 is 0 Å². The van der Waals surface area contributed by atoms with Gasteiger partial charge in [0.05, 0.1) is 20.1 Å². The fourth-order valence-corrected chi connectivity index (χ4v) is 2.70. The number of ether oxygens (including phenoxy) is 1. The summed E-state index contributed by atoms with van der Waals surface area (Å²) in [6.07, 6.45) is 1.40. The Morgan fingerprint density at radius 1 is 1.30 bits per heavy atom. The van der Waals surface area contributed by atoms with E-state index in [2.05, 4.69) is 36.8 Å². The molecule has 2 aromatic rings. The second-order valence-electron chi connectivity index (χ2n) is 3.59. The van der Waals surface area contributed by atoms with Gasteiger partial charge in [-0.25, -0.2) is 4.98 Å². The van der Waals surface area contributed by atoms with E-state index in [4.69, 9.17) is 10.00 Å². The zero-order valence-electron chi connectivity index (χ0n) is 9.71. The molecule has 0 atom stereocenters. The third-order valence-electron chi connectivity index (χ3n) is 2.26. The maximum Gasteiger partial charge on any atom is 0.271 e. The highest BCUT2D eigenvalue weighted by atomic mass is 79.9. The van der Waals surface area contributed by atoms with Gasteiger partial charge in [-0.05, 0) is 44.0 Å². The maximum atomic E-state index is 10.7. The number of hydrogen-bond donors (Lipinski definition) is 0. The molecular weight excluding hydrogens is 394 g/mol. The van der Waals surface area contributed by atoms with Gasteiger partial charge in [-0.1, -0.05) is 0 Å². The van der Waals surface area contributed by atoms with E-state index >= 15 is 0 Å². The molecule has 0 radical (unpaired) electrons. The number of nitro groups is 1. The van der Waals surface area contributed by atoms with Gasteiger partial charge in [0.1, 0.15) is 17.5 Å². The van der Waals surface area contributed by atoms with E-state index in [1.807, 2.05) is 6.07 Å². The zero-order chi connectivity index (χ0) is 14.7. The normalized spacial score (nSPS) is 9.85. The highest BCUT2D eigenvalue weighted by molar-refractivity contribution is 9.11. The van der Waals surface area contributed by atoms with Crippen molar-refractivity contribution in [1.29, 1.82) is 5.26 Å². The SMILES string of the molecule is N#Cc1ccc(Oc2c(Br)cc([N+](=O)[O-])cc2Br)cn1. The van der Waals surface area contributed by atoms with Gasteiger partial charge in [-0.3, -0.25) is 10.1 Å². The van der Waals surface area contributed by atoms with Crippen LogP contribution in [-0.4, -0.2) is 9.91 Å². The van der Waals surface area contributed by atoms with Crippen molar-refractivity contribution in [3.63, 3.8) is 0 Å². The van der Waals surface area contributed by atoms with Crippen molar-refractivity contribution in [2.24, 2.45) is 0 Å². The van der Waals surface area contributed by atoms with Crippen molar-refractivity contribution < 1.29 is 9.66 Å². The van der Waals surface area contributed by atoms with Crippen LogP contribution >= 0.6 is 31.9 Å². The van der Waals surface area contributed by atoms with Gasteiger partial charge in [0.2, 0.25) is 0 Å². The van der Waals surface area contributed by atoms with Crippen LogP contribution in [-0.2, 0) is 0 Å². The fourth-order valence-electron chi connectivity index (χ4n) is 1.37. The average molecular weight is 399 g/mol. The lowest BCUT2D eigenvalue weighted by molar-refractivity contribution is -0.385. The molecule has 100 valence electrons. The lowest BCUT2D eigenvalue weighted by atomic mass is 10.3.